The summed E-state index contributed by atoms with van der Waals surface area (Å²) in [6, 6.07) is 3.05. The first-order valence-electron chi connectivity index (χ1n) is 3.56. The third-order valence-electron chi connectivity index (χ3n) is 1.53. The number of amidine groups is 1. The molecular formula is C7H9F2N3O. The topological polar surface area (TPSA) is 63.5 Å². The molecule has 0 aliphatic rings. The number of halogens is 2. The van der Waals surface area contributed by atoms with Crippen LogP contribution in [-0.2, 0) is 6.54 Å². The summed E-state index contributed by atoms with van der Waals surface area (Å²) in [7, 11) is 0. The lowest BCUT2D eigenvalue weighted by molar-refractivity contribution is 0.126. The molecule has 0 aliphatic heterocycles. The molecule has 0 atom stereocenters. The van der Waals surface area contributed by atoms with Crippen LogP contribution in [0.3, 0.4) is 0 Å². The molecular weight excluding hydrogens is 180 g/mol. The quantitative estimate of drug-likeness (QED) is 0.320. The van der Waals surface area contributed by atoms with Gasteiger partial charge in [0.25, 0.3) is 6.43 Å². The molecule has 6 heteroatoms. The lowest BCUT2D eigenvalue weighted by atomic mass is 10.4. The van der Waals surface area contributed by atoms with E-state index in [1.54, 1.807) is 6.07 Å². The second-order valence-corrected chi connectivity index (χ2v) is 2.42. The molecule has 0 saturated heterocycles. The van der Waals surface area contributed by atoms with Crippen molar-refractivity contribution in [2.75, 3.05) is 0 Å². The maximum Gasteiger partial charge on any atom is 0.256 e. The molecule has 0 radical (unpaired) electrons. The van der Waals surface area contributed by atoms with Crippen LogP contribution in [-0.4, -0.2) is 22.0 Å². The van der Waals surface area contributed by atoms with Crippen molar-refractivity contribution in [1.29, 1.82) is 0 Å². The van der Waals surface area contributed by atoms with Crippen molar-refractivity contribution in [1.82, 2.24) is 4.57 Å². The monoisotopic (exact) mass is 189 g/mol. The number of oxime groups is 1. The Hall–Kier alpha value is -1.59. The van der Waals surface area contributed by atoms with E-state index in [1.165, 1.54) is 16.8 Å². The van der Waals surface area contributed by atoms with Crippen molar-refractivity contribution in [3.8, 4) is 0 Å². The van der Waals surface area contributed by atoms with Gasteiger partial charge < -0.3 is 15.5 Å². The molecule has 1 rings (SSSR count). The van der Waals surface area contributed by atoms with Gasteiger partial charge in [0.2, 0.25) is 0 Å². The molecule has 72 valence electrons. The van der Waals surface area contributed by atoms with Crippen molar-refractivity contribution in [3.05, 3.63) is 24.0 Å². The predicted molar refractivity (Wildman–Crippen MR) is 42.9 cm³/mol. The lowest BCUT2D eigenvalue weighted by Crippen LogP contribution is -2.19. The Bertz CT molecular complexity index is 308. The summed E-state index contributed by atoms with van der Waals surface area (Å²) in [5, 5.41) is 11.1. The van der Waals surface area contributed by atoms with Crippen LogP contribution in [0.15, 0.2) is 23.5 Å². The molecule has 0 spiro atoms. The zero-order valence-electron chi connectivity index (χ0n) is 6.69. The van der Waals surface area contributed by atoms with E-state index >= 15 is 0 Å². The summed E-state index contributed by atoms with van der Waals surface area (Å²) < 4.78 is 25.2. The van der Waals surface area contributed by atoms with Gasteiger partial charge >= 0.3 is 0 Å². The van der Waals surface area contributed by atoms with E-state index in [1.807, 2.05) is 0 Å². The summed E-state index contributed by atoms with van der Waals surface area (Å²) in [5.41, 5.74) is 5.53. The predicted octanol–water partition coefficient (Wildman–Crippen LogP) is 0.848. The number of hydrogen-bond donors (Lipinski definition) is 2. The maximum atomic E-state index is 12.0. The van der Waals surface area contributed by atoms with Crippen molar-refractivity contribution < 1.29 is 14.0 Å². The van der Waals surface area contributed by atoms with Gasteiger partial charge in [-0.2, -0.15) is 0 Å². The van der Waals surface area contributed by atoms with Gasteiger partial charge in [0.15, 0.2) is 5.84 Å². The van der Waals surface area contributed by atoms with Crippen molar-refractivity contribution in [2.45, 2.75) is 13.0 Å². The summed E-state index contributed by atoms with van der Waals surface area (Å²) >= 11 is 0. The Morgan fingerprint density at radius 3 is 2.92 bits per heavy atom. The molecule has 13 heavy (non-hydrogen) atoms. The molecule has 1 aromatic heterocycles. The number of alkyl halides is 2. The second-order valence-electron chi connectivity index (χ2n) is 2.42. The standard InChI is InChI=1S/C7H9F2N3O/c8-6(9)4-12-3-1-2-5(12)7(10)11-13/h1-3,6,13H,4H2,(H2,10,11). The summed E-state index contributed by atoms with van der Waals surface area (Å²) in [6.07, 6.45) is -1.02. The largest absolute Gasteiger partial charge is 0.409 e. The van der Waals surface area contributed by atoms with Crippen LogP contribution in [0.2, 0.25) is 0 Å². The Kier molecular flexibility index (Phi) is 2.84. The van der Waals surface area contributed by atoms with Crippen LogP contribution in [0.4, 0.5) is 8.78 Å². The fraction of sp³-hybridized carbons (Fsp3) is 0.286. The number of rotatable bonds is 3. The average Bonchev–Trinajstić information content (AvgIpc) is 2.50. The minimum Gasteiger partial charge on any atom is -0.409 e. The van der Waals surface area contributed by atoms with Crippen LogP contribution in [0, 0.1) is 0 Å². The van der Waals surface area contributed by atoms with Gasteiger partial charge in [0.1, 0.15) is 0 Å². The zero-order valence-corrected chi connectivity index (χ0v) is 6.69. The van der Waals surface area contributed by atoms with Gasteiger partial charge in [-0.1, -0.05) is 5.16 Å². The Morgan fingerprint density at radius 1 is 1.69 bits per heavy atom. The van der Waals surface area contributed by atoms with Gasteiger partial charge in [-0.05, 0) is 12.1 Å². The van der Waals surface area contributed by atoms with E-state index < -0.39 is 13.0 Å². The van der Waals surface area contributed by atoms with Crippen LogP contribution in [0.1, 0.15) is 5.69 Å². The smallest absolute Gasteiger partial charge is 0.256 e. The van der Waals surface area contributed by atoms with Gasteiger partial charge in [0.05, 0.1) is 12.2 Å². The van der Waals surface area contributed by atoms with E-state index in [0.717, 1.165) is 0 Å². The number of nitrogens with zero attached hydrogens (tertiary/aromatic N) is 2. The summed E-state index contributed by atoms with van der Waals surface area (Å²) in [5.74, 6) is -0.175. The van der Waals surface area contributed by atoms with Crippen molar-refractivity contribution in [3.63, 3.8) is 0 Å². The van der Waals surface area contributed by atoms with Crippen molar-refractivity contribution >= 4 is 5.84 Å². The molecule has 0 fully saturated rings. The van der Waals surface area contributed by atoms with Crippen LogP contribution < -0.4 is 5.73 Å². The van der Waals surface area contributed by atoms with Crippen molar-refractivity contribution in [2.24, 2.45) is 10.9 Å². The zero-order chi connectivity index (χ0) is 9.84. The van der Waals surface area contributed by atoms with E-state index in [4.69, 9.17) is 10.9 Å². The third kappa shape index (κ3) is 2.17. The Labute approximate surface area is 73.3 Å². The first-order chi connectivity index (χ1) is 6.15. The molecule has 0 bridgehead atoms. The fourth-order valence-electron chi connectivity index (χ4n) is 1.01. The maximum absolute atomic E-state index is 12.0. The first-order valence-corrected chi connectivity index (χ1v) is 3.56. The van der Waals surface area contributed by atoms with E-state index in [-0.39, 0.29) is 11.5 Å². The summed E-state index contributed by atoms with van der Waals surface area (Å²) in [4.78, 5) is 0. The lowest BCUT2D eigenvalue weighted by Gasteiger charge is -2.06. The number of nitrogens with two attached hydrogens (primary N) is 1. The normalized spacial score (nSPS) is 12.4. The molecule has 1 heterocycles. The van der Waals surface area contributed by atoms with Crippen LogP contribution in [0.5, 0.6) is 0 Å². The van der Waals surface area contributed by atoms with E-state index in [2.05, 4.69) is 5.16 Å². The molecule has 0 aliphatic carbocycles. The van der Waals surface area contributed by atoms with E-state index in [0.29, 0.717) is 0 Å². The second kappa shape index (κ2) is 3.88. The van der Waals surface area contributed by atoms with Crippen LogP contribution in [0.25, 0.3) is 0 Å². The highest BCUT2D eigenvalue weighted by molar-refractivity contribution is 5.95. The third-order valence-corrected chi connectivity index (χ3v) is 1.53. The molecule has 4 nitrogen and oxygen atoms in total. The minimum absolute atomic E-state index is 0.175. The molecule has 0 aromatic carbocycles. The Balaban J connectivity index is 2.89. The van der Waals surface area contributed by atoms with Gasteiger partial charge in [-0.3, -0.25) is 0 Å². The Morgan fingerprint density at radius 2 is 2.38 bits per heavy atom. The fourth-order valence-corrected chi connectivity index (χ4v) is 1.01. The van der Waals surface area contributed by atoms with Gasteiger partial charge in [-0.25, -0.2) is 8.78 Å². The summed E-state index contributed by atoms with van der Waals surface area (Å²) in [6.45, 7) is -0.460. The molecule has 0 unspecified atom stereocenters. The molecule has 1 aromatic rings. The molecule has 0 saturated carbocycles. The van der Waals surface area contributed by atoms with Crippen LogP contribution >= 0.6 is 0 Å². The van der Waals surface area contributed by atoms with Gasteiger partial charge in [-0.15, -0.1) is 0 Å². The highest BCUT2D eigenvalue weighted by atomic mass is 19.3. The van der Waals surface area contributed by atoms with Gasteiger partial charge in [0, 0.05) is 6.20 Å². The highest BCUT2D eigenvalue weighted by Gasteiger charge is 2.09. The molecule has 3 N–H and O–H groups in total. The SMILES string of the molecule is N/C(=N/O)c1cccn1CC(F)F. The average molecular weight is 189 g/mol. The minimum atomic E-state index is -2.46. The first kappa shape index (κ1) is 9.50. The van der Waals surface area contributed by atoms with E-state index in [9.17, 15) is 8.78 Å². The molecule has 0 amide bonds. The highest BCUT2D eigenvalue weighted by Crippen LogP contribution is 2.05. The number of aromatic nitrogens is 1. The number of hydrogen-bond acceptors (Lipinski definition) is 2.